The van der Waals surface area contributed by atoms with E-state index in [2.05, 4.69) is 15.6 Å². The molecule has 0 fully saturated rings. The van der Waals surface area contributed by atoms with E-state index in [1.54, 1.807) is 0 Å². The van der Waals surface area contributed by atoms with Crippen molar-refractivity contribution in [1.82, 2.24) is 10.3 Å². The number of halogens is 3. The molecule has 22 heavy (non-hydrogen) atoms. The molecule has 0 bridgehead atoms. The molecule has 0 saturated heterocycles. The van der Waals surface area contributed by atoms with Gasteiger partial charge in [-0.2, -0.15) is 13.2 Å². The Morgan fingerprint density at radius 3 is 2.55 bits per heavy atom. The van der Waals surface area contributed by atoms with Gasteiger partial charge in [-0.25, -0.2) is 4.98 Å². The molecule has 1 aromatic heterocycles. The lowest BCUT2D eigenvalue weighted by Gasteiger charge is -2.10. The van der Waals surface area contributed by atoms with Gasteiger partial charge in [0.25, 0.3) is 0 Å². The summed E-state index contributed by atoms with van der Waals surface area (Å²) in [5.74, 6) is -0.326. The van der Waals surface area contributed by atoms with Crippen LogP contribution in [0.4, 0.5) is 19.0 Å². The van der Waals surface area contributed by atoms with Crippen molar-refractivity contribution in [3.8, 4) is 0 Å². The second-order valence-electron chi connectivity index (χ2n) is 4.54. The van der Waals surface area contributed by atoms with Crippen molar-refractivity contribution in [2.75, 3.05) is 11.9 Å². The van der Waals surface area contributed by atoms with E-state index in [4.69, 9.17) is 0 Å². The fourth-order valence-corrected chi connectivity index (χ4v) is 1.73. The number of alkyl halides is 3. The third kappa shape index (κ3) is 4.76. The van der Waals surface area contributed by atoms with Gasteiger partial charge in [-0.1, -0.05) is 30.3 Å². The molecule has 0 atom stereocenters. The fraction of sp³-hybridized carbons (Fsp3) is 0.200. The lowest BCUT2D eigenvalue weighted by molar-refractivity contribution is -0.137. The van der Waals surface area contributed by atoms with Crippen LogP contribution in [-0.2, 0) is 17.5 Å². The normalized spacial score (nSPS) is 11.0. The van der Waals surface area contributed by atoms with Gasteiger partial charge >= 0.3 is 6.18 Å². The summed E-state index contributed by atoms with van der Waals surface area (Å²) in [4.78, 5) is 15.4. The Morgan fingerprint density at radius 1 is 1.14 bits per heavy atom. The molecule has 0 unspecified atom stereocenters. The van der Waals surface area contributed by atoms with Gasteiger partial charge in [0.05, 0.1) is 12.1 Å². The number of pyridine rings is 1. The molecule has 116 valence electrons. The highest BCUT2D eigenvalue weighted by Gasteiger charge is 2.30. The highest BCUT2D eigenvalue weighted by molar-refractivity contribution is 5.80. The first kappa shape index (κ1) is 15.8. The predicted octanol–water partition coefficient (Wildman–Crippen LogP) is 2.83. The van der Waals surface area contributed by atoms with Gasteiger partial charge in [-0.15, -0.1) is 0 Å². The molecule has 0 aliphatic heterocycles. The number of nitrogens with zero attached hydrogens (tertiary/aromatic N) is 1. The van der Waals surface area contributed by atoms with Crippen LogP contribution >= 0.6 is 0 Å². The van der Waals surface area contributed by atoms with Gasteiger partial charge < -0.3 is 10.6 Å². The standard InChI is InChI=1S/C15H14F3N3O/c16-15(17,18)12-6-7-19-13(8-12)20-10-14(22)21-9-11-4-2-1-3-5-11/h1-8H,9-10H2,(H,19,20)(H,21,22). The van der Waals surface area contributed by atoms with E-state index in [1.807, 2.05) is 30.3 Å². The summed E-state index contributed by atoms with van der Waals surface area (Å²) in [5.41, 5.74) is 0.128. The molecular weight excluding hydrogens is 295 g/mol. The molecule has 4 nitrogen and oxygen atoms in total. The lowest BCUT2D eigenvalue weighted by Crippen LogP contribution is -2.29. The monoisotopic (exact) mass is 309 g/mol. The summed E-state index contributed by atoms with van der Waals surface area (Å²) in [5, 5.41) is 5.23. The molecule has 2 rings (SSSR count). The van der Waals surface area contributed by atoms with Gasteiger partial charge in [0.2, 0.25) is 5.91 Å². The van der Waals surface area contributed by atoms with Gasteiger partial charge in [0.15, 0.2) is 0 Å². The number of carbonyl (C=O) groups is 1. The minimum absolute atomic E-state index is 0.00434. The van der Waals surface area contributed by atoms with Crippen molar-refractivity contribution in [3.05, 3.63) is 59.8 Å². The Balaban J connectivity index is 1.84. The molecule has 1 amide bonds. The summed E-state index contributed by atoms with van der Waals surface area (Å²) >= 11 is 0. The van der Waals surface area contributed by atoms with Crippen LogP contribution < -0.4 is 10.6 Å². The average molecular weight is 309 g/mol. The Labute approximate surface area is 125 Å². The summed E-state index contributed by atoms with van der Waals surface area (Å²) in [7, 11) is 0. The molecule has 1 aromatic carbocycles. The summed E-state index contributed by atoms with van der Waals surface area (Å²) < 4.78 is 37.6. The first-order chi connectivity index (χ1) is 10.4. The number of hydrogen-bond donors (Lipinski definition) is 2. The van der Waals surface area contributed by atoms with E-state index in [-0.39, 0.29) is 18.3 Å². The van der Waals surface area contributed by atoms with Crippen LogP contribution in [0, 0.1) is 0 Å². The van der Waals surface area contributed by atoms with Crippen LogP contribution in [0.3, 0.4) is 0 Å². The molecule has 0 saturated carbocycles. The number of anilines is 1. The van der Waals surface area contributed by atoms with E-state index in [9.17, 15) is 18.0 Å². The topological polar surface area (TPSA) is 54.0 Å². The maximum Gasteiger partial charge on any atom is 0.416 e. The number of carbonyl (C=O) groups excluding carboxylic acids is 1. The van der Waals surface area contributed by atoms with E-state index in [0.717, 1.165) is 23.9 Å². The van der Waals surface area contributed by atoms with E-state index >= 15 is 0 Å². The highest BCUT2D eigenvalue weighted by Crippen LogP contribution is 2.29. The van der Waals surface area contributed by atoms with Gasteiger partial charge in [-0.3, -0.25) is 4.79 Å². The Hall–Kier alpha value is -2.57. The summed E-state index contributed by atoms with van der Waals surface area (Å²) in [6, 6.07) is 11.0. The maximum atomic E-state index is 12.5. The Kier molecular flexibility index (Phi) is 4.98. The number of benzene rings is 1. The largest absolute Gasteiger partial charge is 0.416 e. The lowest BCUT2D eigenvalue weighted by atomic mass is 10.2. The van der Waals surface area contributed by atoms with Crippen LogP contribution in [0.15, 0.2) is 48.7 Å². The third-order valence-corrected chi connectivity index (χ3v) is 2.85. The third-order valence-electron chi connectivity index (χ3n) is 2.85. The van der Waals surface area contributed by atoms with Crippen molar-refractivity contribution in [2.24, 2.45) is 0 Å². The van der Waals surface area contributed by atoms with Gasteiger partial charge in [0.1, 0.15) is 5.82 Å². The van der Waals surface area contributed by atoms with E-state index in [0.29, 0.717) is 6.54 Å². The van der Waals surface area contributed by atoms with Crippen LogP contribution in [0.5, 0.6) is 0 Å². The van der Waals surface area contributed by atoms with E-state index in [1.165, 1.54) is 0 Å². The van der Waals surface area contributed by atoms with Crippen molar-refractivity contribution in [2.45, 2.75) is 12.7 Å². The van der Waals surface area contributed by atoms with Crippen molar-refractivity contribution in [1.29, 1.82) is 0 Å². The molecule has 0 aliphatic carbocycles. The smallest absolute Gasteiger partial charge is 0.361 e. The molecule has 2 aromatic rings. The van der Waals surface area contributed by atoms with Crippen LogP contribution in [0.2, 0.25) is 0 Å². The Bertz CT molecular complexity index is 629. The predicted molar refractivity (Wildman–Crippen MR) is 76.0 cm³/mol. The number of rotatable bonds is 5. The zero-order chi connectivity index (χ0) is 16.0. The molecular formula is C15H14F3N3O. The molecule has 0 radical (unpaired) electrons. The SMILES string of the molecule is O=C(CNc1cc(C(F)(F)F)ccn1)NCc1ccccc1. The quantitative estimate of drug-likeness (QED) is 0.893. The second kappa shape index (κ2) is 6.93. The summed E-state index contributed by atoms with van der Waals surface area (Å²) in [6.45, 7) is 0.207. The minimum atomic E-state index is -4.44. The number of hydrogen-bond acceptors (Lipinski definition) is 3. The van der Waals surface area contributed by atoms with Gasteiger partial charge in [0, 0.05) is 12.7 Å². The molecule has 2 N–H and O–H groups in total. The van der Waals surface area contributed by atoms with Crippen LogP contribution in [0.1, 0.15) is 11.1 Å². The van der Waals surface area contributed by atoms with Gasteiger partial charge in [-0.05, 0) is 17.7 Å². The van der Waals surface area contributed by atoms with Crippen molar-refractivity contribution >= 4 is 11.7 Å². The molecule has 1 heterocycles. The van der Waals surface area contributed by atoms with Crippen LogP contribution in [-0.4, -0.2) is 17.4 Å². The first-order valence-corrected chi connectivity index (χ1v) is 6.53. The zero-order valence-electron chi connectivity index (χ0n) is 11.5. The highest BCUT2D eigenvalue weighted by atomic mass is 19.4. The molecule has 0 aliphatic rings. The first-order valence-electron chi connectivity index (χ1n) is 6.53. The Morgan fingerprint density at radius 2 is 1.86 bits per heavy atom. The average Bonchev–Trinajstić information content (AvgIpc) is 2.51. The maximum absolute atomic E-state index is 12.5. The molecule has 7 heteroatoms. The van der Waals surface area contributed by atoms with Crippen LogP contribution in [0.25, 0.3) is 0 Å². The molecule has 0 spiro atoms. The number of amides is 1. The number of aromatic nitrogens is 1. The fourth-order valence-electron chi connectivity index (χ4n) is 1.73. The summed E-state index contributed by atoms with van der Waals surface area (Å²) in [6.07, 6.45) is -3.39. The zero-order valence-corrected chi connectivity index (χ0v) is 11.5. The van der Waals surface area contributed by atoms with E-state index < -0.39 is 11.7 Å². The number of nitrogens with one attached hydrogen (secondary N) is 2. The minimum Gasteiger partial charge on any atom is -0.361 e. The van der Waals surface area contributed by atoms with Crippen molar-refractivity contribution < 1.29 is 18.0 Å². The van der Waals surface area contributed by atoms with Crippen molar-refractivity contribution in [3.63, 3.8) is 0 Å². The second-order valence-corrected chi connectivity index (χ2v) is 4.54.